The van der Waals surface area contributed by atoms with Gasteiger partial charge in [-0.3, -0.25) is 4.79 Å². The highest BCUT2D eigenvalue weighted by atomic mass is 19.1. The molecule has 0 spiro atoms. The summed E-state index contributed by atoms with van der Waals surface area (Å²) in [6.07, 6.45) is 0.351. The van der Waals surface area contributed by atoms with E-state index in [1.54, 1.807) is 12.1 Å². The molecule has 116 valence electrons. The maximum atomic E-state index is 12.8. The van der Waals surface area contributed by atoms with Crippen LogP contribution in [-0.4, -0.2) is 12.5 Å². The minimum Gasteiger partial charge on any atom is -0.385 e. The molecule has 0 aliphatic carbocycles. The number of benzene rings is 2. The number of anilines is 2. The summed E-state index contributed by atoms with van der Waals surface area (Å²) in [5.41, 5.74) is 2.89. The van der Waals surface area contributed by atoms with Crippen molar-refractivity contribution in [2.24, 2.45) is 0 Å². The topological polar surface area (TPSA) is 41.1 Å². The van der Waals surface area contributed by atoms with Crippen LogP contribution in [0.25, 0.3) is 0 Å². The molecule has 2 rings (SSSR count). The minimum absolute atomic E-state index is 0.0992. The van der Waals surface area contributed by atoms with Crippen molar-refractivity contribution < 1.29 is 9.18 Å². The number of carbonyl (C=O) groups is 1. The average Bonchev–Trinajstić information content (AvgIpc) is 2.50. The molecule has 0 atom stereocenters. The second kappa shape index (κ2) is 7.59. The van der Waals surface area contributed by atoms with Gasteiger partial charge in [0.2, 0.25) is 5.91 Å². The van der Waals surface area contributed by atoms with Crippen molar-refractivity contribution in [1.29, 1.82) is 0 Å². The average molecular weight is 300 g/mol. The van der Waals surface area contributed by atoms with Gasteiger partial charge < -0.3 is 10.6 Å². The van der Waals surface area contributed by atoms with E-state index in [1.165, 1.54) is 17.7 Å². The molecular weight excluding hydrogens is 279 g/mol. The van der Waals surface area contributed by atoms with Crippen LogP contribution in [0.15, 0.2) is 48.5 Å². The number of rotatable bonds is 6. The first kappa shape index (κ1) is 16.0. The van der Waals surface area contributed by atoms with E-state index in [2.05, 4.69) is 36.6 Å². The molecule has 22 heavy (non-hydrogen) atoms. The van der Waals surface area contributed by atoms with Crippen LogP contribution in [0, 0.1) is 5.82 Å². The summed E-state index contributed by atoms with van der Waals surface area (Å²) in [7, 11) is 0. The lowest BCUT2D eigenvalue weighted by Crippen LogP contribution is -2.16. The molecule has 3 nitrogen and oxygen atoms in total. The molecule has 0 heterocycles. The first-order valence-corrected chi connectivity index (χ1v) is 7.44. The summed E-state index contributed by atoms with van der Waals surface area (Å²) in [5.74, 6) is 0.0953. The Hall–Kier alpha value is -2.36. The van der Waals surface area contributed by atoms with E-state index in [-0.39, 0.29) is 11.7 Å². The largest absolute Gasteiger partial charge is 0.385 e. The SMILES string of the molecule is CC(C)c1ccc(NCCC(=O)Nc2ccc(F)cc2)cc1. The van der Waals surface area contributed by atoms with E-state index in [1.807, 2.05) is 12.1 Å². The number of halogens is 1. The molecule has 0 saturated heterocycles. The summed E-state index contributed by atoms with van der Waals surface area (Å²) in [6.45, 7) is 4.86. The number of carbonyl (C=O) groups excluding carboxylic acids is 1. The fraction of sp³-hybridized carbons (Fsp3) is 0.278. The van der Waals surface area contributed by atoms with Crippen molar-refractivity contribution in [3.63, 3.8) is 0 Å². The van der Waals surface area contributed by atoms with Crippen LogP contribution in [0.1, 0.15) is 31.7 Å². The van der Waals surface area contributed by atoms with Gasteiger partial charge in [-0.2, -0.15) is 0 Å². The predicted molar refractivity (Wildman–Crippen MR) is 88.7 cm³/mol. The fourth-order valence-electron chi connectivity index (χ4n) is 2.06. The third kappa shape index (κ3) is 4.88. The van der Waals surface area contributed by atoms with Crippen LogP contribution in [0.4, 0.5) is 15.8 Å². The van der Waals surface area contributed by atoms with E-state index in [9.17, 15) is 9.18 Å². The highest BCUT2D eigenvalue weighted by Gasteiger charge is 2.03. The third-order valence-electron chi connectivity index (χ3n) is 3.39. The van der Waals surface area contributed by atoms with Gasteiger partial charge in [0.1, 0.15) is 5.82 Å². The van der Waals surface area contributed by atoms with Crippen molar-refractivity contribution in [3.05, 3.63) is 59.9 Å². The molecule has 0 unspecified atom stereocenters. The van der Waals surface area contributed by atoms with Gasteiger partial charge in [-0.1, -0.05) is 26.0 Å². The van der Waals surface area contributed by atoms with Crippen LogP contribution in [0.5, 0.6) is 0 Å². The monoisotopic (exact) mass is 300 g/mol. The Kier molecular flexibility index (Phi) is 5.53. The van der Waals surface area contributed by atoms with Gasteiger partial charge >= 0.3 is 0 Å². The zero-order valence-corrected chi connectivity index (χ0v) is 12.9. The summed E-state index contributed by atoms with van der Waals surface area (Å²) in [6, 6.07) is 14.0. The Labute approximate surface area is 130 Å². The fourth-order valence-corrected chi connectivity index (χ4v) is 2.06. The van der Waals surface area contributed by atoms with Gasteiger partial charge in [0.05, 0.1) is 0 Å². The van der Waals surface area contributed by atoms with E-state index < -0.39 is 0 Å². The van der Waals surface area contributed by atoms with Crippen LogP contribution in [-0.2, 0) is 4.79 Å². The first-order chi connectivity index (χ1) is 10.5. The Bertz CT molecular complexity index is 606. The molecule has 4 heteroatoms. The molecule has 0 fully saturated rings. The molecule has 1 amide bonds. The molecule has 0 aliphatic rings. The van der Waals surface area contributed by atoms with E-state index >= 15 is 0 Å². The molecule has 0 aromatic heterocycles. The molecule has 2 aromatic carbocycles. The summed E-state index contributed by atoms with van der Waals surface area (Å²) >= 11 is 0. The van der Waals surface area contributed by atoms with E-state index in [4.69, 9.17) is 0 Å². The number of nitrogens with one attached hydrogen (secondary N) is 2. The predicted octanol–water partition coefficient (Wildman–Crippen LogP) is 4.39. The van der Waals surface area contributed by atoms with Crippen LogP contribution < -0.4 is 10.6 Å². The van der Waals surface area contributed by atoms with Crippen molar-refractivity contribution >= 4 is 17.3 Å². The molecule has 2 aromatic rings. The maximum Gasteiger partial charge on any atom is 0.226 e. The lowest BCUT2D eigenvalue weighted by molar-refractivity contribution is -0.115. The van der Waals surface area contributed by atoms with Gasteiger partial charge in [-0.05, 0) is 47.9 Å². The molecule has 0 aliphatic heterocycles. The second-order valence-electron chi connectivity index (χ2n) is 5.51. The van der Waals surface area contributed by atoms with Gasteiger partial charge in [-0.15, -0.1) is 0 Å². The number of hydrogen-bond acceptors (Lipinski definition) is 2. The van der Waals surface area contributed by atoms with Gasteiger partial charge in [-0.25, -0.2) is 4.39 Å². The number of hydrogen-bond donors (Lipinski definition) is 2. The highest BCUT2D eigenvalue weighted by molar-refractivity contribution is 5.90. The van der Waals surface area contributed by atoms with Crippen molar-refractivity contribution in [2.75, 3.05) is 17.2 Å². The van der Waals surface area contributed by atoms with E-state index in [0.29, 0.717) is 24.6 Å². The highest BCUT2D eigenvalue weighted by Crippen LogP contribution is 2.17. The van der Waals surface area contributed by atoms with Crippen molar-refractivity contribution in [2.45, 2.75) is 26.2 Å². The summed E-state index contributed by atoms with van der Waals surface area (Å²) in [5, 5.41) is 5.95. The van der Waals surface area contributed by atoms with Crippen molar-refractivity contribution in [3.8, 4) is 0 Å². The van der Waals surface area contributed by atoms with Crippen LogP contribution in [0.3, 0.4) is 0 Å². The standard InChI is InChI=1S/C18H21FN2O/c1-13(2)14-3-7-16(8-4-14)20-12-11-18(22)21-17-9-5-15(19)6-10-17/h3-10,13,20H,11-12H2,1-2H3,(H,21,22). The molecule has 2 N–H and O–H groups in total. The van der Waals surface area contributed by atoms with E-state index in [0.717, 1.165) is 5.69 Å². The van der Waals surface area contributed by atoms with Crippen LogP contribution in [0.2, 0.25) is 0 Å². The second-order valence-corrected chi connectivity index (χ2v) is 5.51. The Balaban J connectivity index is 1.75. The van der Waals surface area contributed by atoms with Gasteiger partial charge in [0, 0.05) is 24.3 Å². The zero-order chi connectivity index (χ0) is 15.9. The lowest BCUT2D eigenvalue weighted by Gasteiger charge is -2.09. The smallest absolute Gasteiger partial charge is 0.226 e. The Morgan fingerprint density at radius 2 is 1.59 bits per heavy atom. The summed E-state index contributed by atoms with van der Waals surface area (Å²) in [4.78, 5) is 11.8. The van der Waals surface area contributed by atoms with Gasteiger partial charge in [0.15, 0.2) is 0 Å². The first-order valence-electron chi connectivity index (χ1n) is 7.44. The maximum absolute atomic E-state index is 12.8. The molecular formula is C18H21FN2O. The molecule has 0 radical (unpaired) electrons. The number of amides is 1. The Morgan fingerprint density at radius 3 is 2.18 bits per heavy atom. The van der Waals surface area contributed by atoms with Gasteiger partial charge in [0.25, 0.3) is 0 Å². The third-order valence-corrected chi connectivity index (χ3v) is 3.39. The zero-order valence-electron chi connectivity index (χ0n) is 12.9. The molecule has 0 saturated carbocycles. The summed E-state index contributed by atoms with van der Waals surface area (Å²) < 4.78 is 12.8. The Morgan fingerprint density at radius 1 is 1.00 bits per heavy atom. The van der Waals surface area contributed by atoms with Crippen molar-refractivity contribution in [1.82, 2.24) is 0 Å². The normalized spacial score (nSPS) is 10.5. The minimum atomic E-state index is -0.315. The van der Waals surface area contributed by atoms with Crippen LogP contribution >= 0.6 is 0 Å². The molecule has 0 bridgehead atoms. The lowest BCUT2D eigenvalue weighted by atomic mass is 10.0. The quantitative estimate of drug-likeness (QED) is 0.830.